The predicted molar refractivity (Wildman–Crippen MR) is 231 cm³/mol. The molecule has 5 aliphatic rings. The molecule has 0 aromatic heterocycles. The van der Waals surface area contributed by atoms with Gasteiger partial charge in [-0.15, -0.1) is 16.5 Å². The summed E-state index contributed by atoms with van der Waals surface area (Å²) in [6, 6.07) is -0.954. The predicted octanol–water partition coefficient (Wildman–Crippen LogP) is 8.15. The highest BCUT2D eigenvalue weighted by atomic mass is 35.5. The molecule has 0 aliphatic carbocycles. The number of ether oxygens (including phenoxy) is 5. The highest BCUT2D eigenvalue weighted by Crippen LogP contribution is 2.54. The van der Waals surface area contributed by atoms with Crippen LogP contribution in [0.2, 0.25) is 0 Å². The van der Waals surface area contributed by atoms with E-state index in [2.05, 4.69) is 57.4 Å². The minimum atomic E-state index is -1.25. The maximum absolute atomic E-state index is 13.3. The summed E-state index contributed by atoms with van der Waals surface area (Å²) < 4.78 is 34.8. The molecule has 0 bridgehead atoms. The normalized spacial score (nSPS) is 42.0. The standard InChI is InChI=1S/C46H78ClN3O10/c1-11-33(26-28(5)38(51)31(8)39-27(4)15-16-35(57-39)34(12-2)41(52)50-55)40-29(6)25-30(7)45(58-40)20-17-36(49-42(53)48-24-14-23-47)46(60-45)22-21-43(10,59-46)37-18-19-44(54,13-3)32(9)56-37/h17,20,27-40,51,54H,11-16,18-19,21-26H2,1-10H3,(H2,48,49,53)/t27-,28+,29-,30+,31-,32-,33?,34?,35+,36?,37+,38+,39+,40-,43-,44+,45-,46-/m0/s1. The molecule has 0 saturated carbocycles. The molecule has 0 radical (unpaired) electrons. The summed E-state index contributed by atoms with van der Waals surface area (Å²) in [6.07, 6.45) is 9.79. The van der Waals surface area contributed by atoms with Crippen LogP contribution in [0.4, 0.5) is 4.79 Å². The summed E-state index contributed by atoms with van der Waals surface area (Å²) in [5.74, 6) is -3.03. The number of hydrogen-bond acceptors (Lipinski definition) is 10. The van der Waals surface area contributed by atoms with Gasteiger partial charge in [-0.3, -0.25) is 4.79 Å². The second-order valence-electron chi connectivity index (χ2n) is 19.7. The van der Waals surface area contributed by atoms with E-state index in [0.717, 1.165) is 19.3 Å². The van der Waals surface area contributed by atoms with E-state index >= 15 is 0 Å². The lowest BCUT2D eigenvalue weighted by atomic mass is 9.73. The van der Waals surface area contributed by atoms with Crippen LogP contribution in [-0.4, -0.2) is 100 Å². The third-order valence-corrected chi connectivity index (χ3v) is 15.8. The average molecular weight is 869 g/mol. The Bertz CT molecular complexity index is 1490. The number of nitroso groups, excluding NO2 is 1. The van der Waals surface area contributed by atoms with Crippen LogP contribution in [0, 0.1) is 46.3 Å². The molecule has 5 heterocycles. The van der Waals surface area contributed by atoms with Crippen molar-refractivity contribution in [1.29, 1.82) is 0 Å². The van der Waals surface area contributed by atoms with Crippen LogP contribution >= 0.6 is 11.6 Å². The lowest BCUT2D eigenvalue weighted by molar-refractivity contribution is -0.399. The van der Waals surface area contributed by atoms with Gasteiger partial charge in [0.2, 0.25) is 0 Å². The van der Waals surface area contributed by atoms with E-state index < -0.39 is 52.9 Å². The Morgan fingerprint density at radius 2 is 1.70 bits per heavy atom. The van der Waals surface area contributed by atoms with Gasteiger partial charge in [0.25, 0.3) is 5.91 Å². The van der Waals surface area contributed by atoms with E-state index in [0.29, 0.717) is 70.2 Å². The van der Waals surface area contributed by atoms with Gasteiger partial charge in [0, 0.05) is 35.9 Å². The van der Waals surface area contributed by atoms with Crippen molar-refractivity contribution in [2.24, 2.45) is 46.6 Å². The fraction of sp³-hybridized carbons (Fsp3) is 0.913. The van der Waals surface area contributed by atoms with Crippen LogP contribution in [0.1, 0.15) is 146 Å². The molecule has 5 aliphatic heterocycles. The summed E-state index contributed by atoms with van der Waals surface area (Å²) in [5.41, 5.74) is -1.64. The maximum atomic E-state index is 13.3. The van der Waals surface area contributed by atoms with Gasteiger partial charge in [-0.05, 0) is 108 Å². The first-order valence-corrected chi connectivity index (χ1v) is 23.8. The van der Waals surface area contributed by atoms with Gasteiger partial charge in [0.1, 0.15) is 6.04 Å². The Labute approximate surface area is 364 Å². The lowest BCUT2D eigenvalue weighted by Gasteiger charge is -2.55. The number of aliphatic hydroxyl groups excluding tert-OH is 1. The molecule has 0 aromatic rings. The van der Waals surface area contributed by atoms with Crippen molar-refractivity contribution in [2.45, 2.75) is 212 Å². The Balaban J connectivity index is 1.35. The molecule has 18 atom stereocenters. The SMILES string of the molecule is CCC(C[C@@H](C)[C@@H](O)[C@H](C)[C@@H]1O[C@@H](C(CC)C(=O)N=O)CC[C@@H]1C)[C@H]1O[C@]2(C=CC(NC(=O)NCCCCl)[C@]3(CC[C@@](C)([C@H]4CC[C@](O)(CC)[C@H](C)O4)O3)O2)[C@H](C)C[C@@H]1C. The van der Waals surface area contributed by atoms with Gasteiger partial charge < -0.3 is 44.5 Å². The second-order valence-corrected chi connectivity index (χ2v) is 20.0. The molecular weight excluding hydrogens is 790 g/mol. The number of amides is 3. The number of carbonyl (C=O) groups is 2. The number of alkyl halides is 1. The van der Waals surface area contributed by atoms with E-state index in [9.17, 15) is 24.7 Å². The Kier molecular flexibility index (Phi) is 16.8. The molecule has 344 valence electrons. The van der Waals surface area contributed by atoms with Crippen molar-refractivity contribution in [1.82, 2.24) is 10.6 Å². The molecule has 14 heteroatoms. The molecule has 3 amide bonds. The van der Waals surface area contributed by atoms with E-state index in [1.54, 1.807) is 0 Å². The first-order valence-electron chi connectivity index (χ1n) is 23.3. The Morgan fingerprint density at radius 3 is 2.33 bits per heavy atom. The number of aliphatic hydroxyl groups is 2. The summed E-state index contributed by atoms with van der Waals surface area (Å²) in [4.78, 5) is 36.8. The van der Waals surface area contributed by atoms with Crippen LogP contribution < -0.4 is 10.6 Å². The largest absolute Gasteiger partial charge is 0.392 e. The molecule has 13 nitrogen and oxygen atoms in total. The molecule has 0 aromatic carbocycles. The van der Waals surface area contributed by atoms with E-state index in [-0.39, 0.29) is 66.0 Å². The minimum absolute atomic E-state index is 0.0389. The van der Waals surface area contributed by atoms with Gasteiger partial charge in [0.15, 0.2) is 11.6 Å². The highest BCUT2D eigenvalue weighted by Gasteiger charge is 2.63. The maximum Gasteiger partial charge on any atom is 0.315 e. The van der Waals surface area contributed by atoms with E-state index in [1.165, 1.54) is 0 Å². The summed E-state index contributed by atoms with van der Waals surface area (Å²) in [5, 5.41) is 31.9. The first-order chi connectivity index (χ1) is 28.3. The molecule has 4 fully saturated rings. The van der Waals surface area contributed by atoms with Crippen LogP contribution in [0.15, 0.2) is 17.3 Å². The van der Waals surface area contributed by atoms with Crippen molar-refractivity contribution >= 4 is 23.5 Å². The smallest absolute Gasteiger partial charge is 0.315 e. The summed E-state index contributed by atoms with van der Waals surface area (Å²) in [6.45, 7) is 21.1. The fourth-order valence-corrected chi connectivity index (χ4v) is 11.5. The number of nitrogens with zero attached hydrogens (tertiary/aromatic N) is 1. The van der Waals surface area contributed by atoms with Crippen LogP contribution in [0.3, 0.4) is 0 Å². The molecule has 3 unspecified atom stereocenters. The van der Waals surface area contributed by atoms with Gasteiger partial charge in [-0.25, -0.2) is 4.79 Å². The Hall–Kier alpha value is -1.71. The molecule has 60 heavy (non-hydrogen) atoms. The number of rotatable bonds is 16. The average Bonchev–Trinajstić information content (AvgIpc) is 3.57. The van der Waals surface area contributed by atoms with Crippen molar-refractivity contribution in [2.75, 3.05) is 12.4 Å². The fourth-order valence-electron chi connectivity index (χ4n) is 11.4. The molecule has 4 N–H and O–H groups in total. The zero-order valence-electron chi connectivity index (χ0n) is 38.1. The quantitative estimate of drug-likeness (QED) is 0.0513. The van der Waals surface area contributed by atoms with Gasteiger partial charge in [-0.1, -0.05) is 67.9 Å². The molecule has 2 spiro atoms. The topological polar surface area (TPSA) is 174 Å². The minimum Gasteiger partial charge on any atom is -0.392 e. The third kappa shape index (κ3) is 10.3. The Morgan fingerprint density at radius 1 is 0.967 bits per heavy atom. The van der Waals surface area contributed by atoms with Crippen molar-refractivity contribution < 1.29 is 43.5 Å². The number of carbonyl (C=O) groups excluding carboxylic acids is 2. The number of hydrogen-bond donors (Lipinski definition) is 4. The summed E-state index contributed by atoms with van der Waals surface area (Å²) in [7, 11) is 0. The van der Waals surface area contributed by atoms with E-state index in [1.807, 2.05) is 39.8 Å². The van der Waals surface area contributed by atoms with Crippen molar-refractivity contribution in [3.63, 3.8) is 0 Å². The van der Waals surface area contributed by atoms with Gasteiger partial charge in [0.05, 0.1) is 53.7 Å². The number of urea groups is 1. The molecule has 5 rings (SSSR count). The second kappa shape index (κ2) is 20.4. The summed E-state index contributed by atoms with van der Waals surface area (Å²) >= 11 is 5.89. The number of nitrogens with one attached hydrogen (secondary N) is 2. The van der Waals surface area contributed by atoms with Crippen LogP contribution in [-0.2, 0) is 28.5 Å². The van der Waals surface area contributed by atoms with Gasteiger partial charge >= 0.3 is 6.03 Å². The highest BCUT2D eigenvalue weighted by molar-refractivity contribution is 6.17. The molecule has 4 saturated heterocycles. The zero-order chi connectivity index (χ0) is 44.2. The first kappa shape index (κ1) is 49.3. The van der Waals surface area contributed by atoms with E-state index in [4.69, 9.17) is 35.3 Å². The number of halogens is 1. The van der Waals surface area contributed by atoms with Crippen molar-refractivity contribution in [3.8, 4) is 0 Å². The molecular formula is C46H78ClN3O10. The van der Waals surface area contributed by atoms with Crippen LogP contribution in [0.25, 0.3) is 0 Å². The third-order valence-electron chi connectivity index (χ3n) is 15.5. The monoisotopic (exact) mass is 868 g/mol. The van der Waals surface area contributed by atoms with Gasteiger partial charge in [-0.2, -0.15) is 0 Å². The van der Waals surface area contributed by atoms with Crippen molar-refractivity contribution in [3.05, 3.63) is 17.1 Å². The zero-order valence-corrected chi connectivity index (χ0v) is 38.9. The lowest BCUT2D eigenvalue weighted by Crippen LogP contribution is -2.66. The van der Waals surface area contributed by atoms with Crippen LogP contribution in [0.5, 0.6) is 0 Å².